The molecular weight excluding hydrogens is 302 g/mol. The Morgan fingerprint density at radius 2 is 1.29 bits per heavy atom. The van der Waals surface area contributed by atoms with Crippen LogP contribution in [0.5, 0.6) is 17.4 Å². The summed E-state index contributed by atoms with van der Waals surface area (Å²) in [6.45, 7) is 0. The van der Waals surface area contributed by atoms with E-state index in [2.05, 4.69) is 4.98 Å². The third-order valence-electron chi connectivity index (χ3n) is 3.86. The van der Waals surface area contributed by atoms with Crippen LogP contribution in [0.2, 0.25) is 0 Å². The molecule has 0 saturated heterocycles. The Bertz CT molecular complexity index is 814. The molecule has 0 saturated carbocycles. The molecule has 3 aromatic rings. The number of nitrogens with zero attached hydrogens (tertiary/aromatic N) is 1. The number of rotatable bonds is 5. The van der Waals surface area contributed by atoms with Crippen LogP contribution in [0.25, 0.3) is 22.3 Å². The lowest BCUT2D eigenvalue weighted by molar-refractivity contribution is 0.398. The monoisotopic (exact) mass is 321 g/mol. The molecule has 122 valence electrons. The van der Waals surface area contributed by atoms with E-state index in [0.717, 1.165) is 33.8 Å². The quantitative estimate of drug-likeness (QED) is 0.696. The Hall–Kier alpha value is -3.01. The Morgan fingerprint density at radius 3 is 1.79 bits per heavy atom. The number of aromatic nitrogens is 1. The van der Waals surface area contributed by atoms with Gasteiger partial charge < -0.3 is 14.2 Å². The minimum atomic E-state index is 0.575. The zero-order valence-electron chi connectivity index (χ0n) is 13.9. The van der Waals surface area contributed by atoms with Gasteiger partial charge in [-0.25, -0.2) is 4.98 Å². The number of pyridine rings is 1. The van der Waals surface area contributed by atoms with Crippen LogP contribution in [-0.2, 0) is 0 Å². The molecular formula is C20H19NO3. The number of hydrogen-bond acceptors (Lipinski definition) is 4. The molecule has 3 rings (SSSR count). The Kier molecular flexibility index (Phi) is 4.66. The van der Waals surface area contributed by atoms with E-state index >= 15 is 0 Å². The highest BCUT2D eigenvalue weighted by atomic mass is 16.5. The fraction of sp³-hybridized carbons (Fsp3) is 0.150. The molecule has 0 fully saturated rings. The van der Waals surface area contributed by atoms with Crippen LogP contribution in [0.15, 0.2) is 60.8 Å². The molecule has 0 amide bonds. The predicted octanol–water partition coefficient (Wildman–Crippen LogP) is 4.44. The lowest BCUT2D eigenvalue weighted by Gasteiger charge is -2.15. The molecule has 0 unspecified atom stereocenters. The minimum Gasteiger partial charge on any atom is -0.496 e. The van der Waals surface area contributed by atoms with E-state index in [4.69, 9.17) is 14.2 Å². The third-order valence-corrected chi connectivity index (χ3v) is 3.86. The molecule has 4 heteroatoms. The van der Waals surface area contributed by atoms with Crippen LogP contribution in [-0.4, -0.2) is 26.3 Å². The van der Waals surface area contributed by atoms with Crippen molar-refractivity contribution in [1.29, 1.82) is 0 Å². The van der Waals surface area contributed by atoms with E-state index in [9.17, 15) is 0 Å². The number of benzene rings is 2. The molecule has 0 N–H and O–H groups in total. The second-order valence-corrected chi connectivity index (χ2v) is 5.21. The molecule has 2 aromatic carbocycles. The van der Waals surface area contributed by atoms with Gasteiger partial charge in [-0.3, -0.25) is 0 Å². The van der Waals surface area contributed by atoms with Crippen molar-refractivity contribution in [3.05, 3.63) is 60.8 Å². The number of hydrogen-bond donors (Lipinski definition) is 0. The standard InChI is InChI=1S/C20H19NO3/c1-22-18-12-17(15-9-10-20(24-3)21-13-15)19(23-2)11-16(18)14-7-5-4-6-8-14/h4-13H,1-3H3. The van der Waals surface area contributed by atoms with Crippen molar-refractivity contribution in [2.24, 2.45) is 0 Å². The van der Waals surface area contributed by atoms with E-state index in [1.807, 2.05) is 54.6 Å². The normalized spacial score (nSPS) is 10.3. The van der Waals surface area contributed by atoms with E-state index in [-0.39, 0.29) is 0 Å². The molecule has 0 radical (unpaired) electrons. The second kappa shape index (κ2) is 7.04. The summed E-state index contributed by atoms with van der Waals surface area (Å²) >= 11 is 0. The van der Waals surface area contributed by atoms with Crippen molar-refractivity contribution in [3.8, 4) is 39.6 Å². The topological polar surface area (TPSA) is 40.6 Å². The van der Waals surface area contributed by atoms with Crippen molar-refractivity contribution in [2.45, 2.75) is 0 Å². The van der Waals surface area contributed by atoms with Gasteiger partial charge in [0.25, 0.3) is 0 Å². The first-order chi connectivity index (χ1) is 11.8. The van der Waals surface area contributed by atoms with Crippen molar-refractivity contribution in [1.82, 2.24) is 4.98 Å². The summed E-state index contributed by atoms with van der Waals surface area (Å²) in [6.07, 6.45) is 1.76. The molecule has 0 aliphatic heterocycles. The lowest BCUT2D eigenvalue weighted by Crippen LogP contribution is -1.95. The average molecular weight is 321 g/mol. The molecule has 24 heavy (non-hydrogen) atoms. The summed E-state index contributed by atoms with van der Waals surface area (Å²) in [5.74, 6) is 2.13. The van der Waals surface area contributed by atoms with Gasteiger partial charge in [-0.05, 0) is 23.8 Å². The maximum Gasteiger partial charge on any atom is 0.212 e. The summed E-state index contributed by atoms with van der Waals surface area (Å²) in [7, 11) is 4.93. The van der Waals surface area contributed by atoms with Crippen LogP contribution in [0.4, 0.5) is 0 Å². The first-order valence-electron chi connectivity index (χ1n) is 7.58. The summed E-state index contributed by atoms with van der Waals surface area (Å²) in [5.41, 5.74) is 3.92. The van der Waals surface area contributed by atoms with E-state index in [1.165, 1.54) is 0 Å². The average Bonchev–Trinajstić information content (AvgIpc) is 2.67. The first-order valence-corrected chi connectivity index (χ1v) is 7.58. The summed E-state index contributed by atoms with van der Waals surface area (Å²) < 4.78 is 16.3. The maximum atomic E-state index is 5.61. The maximum absolute atomic E-state index is 5.61. The van der Waals surface area contributed by atoms with Crippen LogP contribution >= 0.6 is 0 Å². The Labute approximate surface area is 141 Å². The lowest BCUT2D eigenvalue weighted by atomic mass is 9.98. The number of methoxy groups -OCH3 is 3. The van der Waals surface area contributed by atoms with Gasteiger partial charge in [0.1, 0.15) is 11.5 Å². The van der Waals surface area contributed by atoms with E-state index in [0.29, 0.717) is 5.88 Å². The van der Waals surface area contributed by atoms with Crippen molar-refractivity contribution in [2.75, 3.05) is 21.3 Å². The van der Waals surface area contributed by atoms with Gasteiger partial charge in [0.2, 0.25) is 5.88 Å². The molecule has 4 nitrogen and oxygen atoms in total. The van der Waals surface area contributed by atoms with Crippen LogP contribution < -0.4 is 14.2 Å². The van der Waals surface area contributed by atoms with E-state index in [1.54, 1.807) is 27.5 Å². The first kappa shape index (κ1) is 15.9. The highest BCUT2D eigenvalue weighted by Gasteiger charge is 2.14. The van der Waals surface area contributed by atoms with E-state index < -0.39 is 0 Å². The highest BCUT2D eigenvalue weighted by Crippen LogP contribution is 2.40. The zero-order valence-corrected chi connectivity index (χ0v) is 13.9. The largest absolute Gasteiger partial charge is 0.496 e. The van der Waals surface area contributed by atoms with Gasteiger partial charge in [0.15, 0.2) is 0 Å². The molecule has 0 spiro atoms. The molecule has 0 aliphatic rings. The summed E-state index contributed by atoms with van der Waals surface area (Å²) in [5, 5.41) is 0. The molecule has 0 bridgehead atoms. The van der Waals surface area contributed by atoms with Gasteiger partial charge in [0.05, 0.1) is 21.3 Å². The molecule has 1 heterocycles. The van der Waals surface area contributed by atoms with Crippen LogP contribution in [0.3, 0.4) is 0 Å². The summed E-state index contributed by atoms with van der Waals surface area (Å²) in [6, 6.07) is 17.8. The van der Waals surface area contributed by atoms with Gasteiger partial charge >= 0.3 is 0 Å². The predicted molar refractivity (Wildman–Crippen MR) is 94.8 cm³/mol. The van der Waals surface area contributed by atoms with Crippen molar-refractivity contribution < 1.29 is 14.2 Å². The molecule has 0 aliphatic carbocycles. The molecule has 1 aromatic heterocycles. The van der Waals surface area contributed by atoms with Crippen molar-refractivity contribution in [3.63, 3.8) is 0 Å². The van der Waals surface area contributed by atoms with Gasteiger partial charge in [0, 0.05) is 29.0 Å². The fourth-order valence-corrected chi connectivity index (χ4v) is 2.63. The third kappa shape index (κ3) is 3.04. The van der Waals surface area contributed by atoms with Gasteiger partial charge in [-0.15, -0.1) is 0 Å². The van der Waals surface area contributed by atoms with Crippen LogP contribution in [0, 0.1) is 0 Å². The van der Waals surface area contributed by atoms with Gasteiger partial charge in [-0.1, -0.05) is 30.3 Å². The Morgan fingerprint density at radius 1 is 0.667 bits per heavy atom. The Balaban J connectivity index is 2.13. The molecule has 0 atom stereocenters. The highest BCUT2D eigenvalue weighted by molar-refractivity contribution is 5.81. The van der Waals surface area contributed by atoms with Gasteiger partial charge in [-0.2, -0.15) is 0 Å². The number of ether oxygens (including phenoxy) is 3. The summed E-state index contributed by atoms with van der Waals surface area (Å²) in [4.78, 5) is 4.27. The zero-order chi connectivity index (χ0) is 16.9. The SMILES string of the molecule is COc1ccc(-c2cc(OC)c(-c3ccccc3)cc2OC)cn1. The van der Waals surface area contributed by atoms with Crippen molar-refractivity contribution >= 4 is 0 Å². The second-order valence-electron chi connectivity index (χ2n) is 5.21. The fourth-order valence-electron chi connectivity index (χ4n) is 2.63. The smallest absolute Gasteiger partial charge is 0.212 e. The minimum absolute atomic E-state index is 0.575. The van der Waals surface area contributed by atoms with Crippen LogP contribution in [0.1, 0.15) is 0 Å².